The number of hydrogen-bond donors (Lipinski definition) is 1. The Balaban J connectivity index is 1.72. The van der Waals surface area contributed by atoms with Crippen molar-refractivity contribution < 1.29 is 24.0 Å². The zero-order valence-electron chi connectivity index (χ0n) is 16.8. The van der Waals surface area contributed by atoms with Gasteiger partial charge in [-0.3, -0.25) is 14.9 Å². The summed E-state index contributed by atoms with van der Waals surface area (Å²) < 4.78 is 11.1. The zero-order chi connectivity index (χ0) is 21.3. The molecule has 8 nitrogen and oxygen atoms in total. The zero-order valence-corrected chi connectivity index (χ0v) is 16.8. The van der Waals surface area contributed by atoms with Gasteiger partial charge in [-0.1, -0.05) is 12.1 Å². The number of ether oxygens (including phenoxy) is 2. The first-order chi connectivity index (χ1) is 14.5. The molecular formula is C22H24N2O6. The molecule has 1 aromatic rings. The molecule has 1 N–H and O–H groups in total. The Bertz CT molecular complexity index is 958. The second-order valence-electron chi connectivity index (χ2n) is 7.85. The molecule has 1 aliphatic carbocycles. The van der Waals surface area contributed by atoms with Crippen molar-refractivity contribution in [3.63, 3.8) is 0 Å². The summed E-state index contributed by atoms with van der Waals surface area (Å²) in [5, 5.41) is 14.5. The number of carbonyl (C=O) groups excluding carboxylic acids is 2. The molecule has 0 aromatic heterocycles. The molecule has 0 unspecified atom stereocenters. The van der Waals surface area contributed by atoms with Crippen molar-refractivity contribution in [2.24, 2.45) is 0 Å². The van der Waals surface area contributed by atoms with Crippen LogP contribution < -0.4 is 5.32 Å². The third kappa shape index (κ3) is 3.87. The summed E-state index contributed by atoms with van der Waals surface area (Å²) in [5.41, 5.74) is 2.69. The predicted molar refractivity (Wildman–Crippen MR) is 107 cm³/mol. The second kappa shape index (κ2) is 8.39. The van der Waals surface area contributed by atoms with Gasteiger partial charge in [-0.05, 0) is 38.2 Å². The number of nitrogens with one attached hydrogen (secondary N) is 1. The molecule has 158 valence electrons. The molecule has 30 heavy (non-hydrogen) atoms. The van der Waals surface area contributed by atoms with Crippen LogP contribution in [0.3, 0.4) is 0 Å². The lowest BCUT2D eigenvalue weighted by atomic mass is 9.75. The lowest BCUT2D eigenvalue weighted by Crippen LogP contribution is -2.35. The molecule has 0 saturated carbocycles. The summed E-state index contributed by atoms with van der Waals surface area (Å²) in [6, 6.07) is 6.13. The van der Waals surface area contributed by atoms with Gasteiger partial charge >= 0.3 is 5.97 Å². The summed E-state index contributed by atoms with van der Waals surface area (Å²) >= 11 is 0. The number of non-ortho nitro benzene ring substituents is 1. The van der Waals surface area contributed by atoms with E-state index < -0.39 is 16.8 Å². The van der Waals surface area contributed by atoms with Crippen LogP contribution in [0.25, 0.3) is 0 Å². The molecular weight excluding hydrogens is 388 g/mol. The van der Waals surface area contributed by atoms with Crippen LogP contribution in [0, 0.1) is 10.1 Å². The van der Waals surface area contributed by atoms with E-state index in [1.165, 1.54) is 12.1 Å². The van der Waals surface area contributed by atoms with Gasteiger partial charge < -0.3 is 14.8 Å². The van der Waals surface area contributed by atoms with Crippen molar-refractivity contribution in [2.45, 2.75) is 51.0 Å². The van der Waals surface area contributed by atoms with Crippen LogP contribution >= 0.6 is 0 Å². The van der Waals surface area contributed by atoms with E-state index in [-0.39, 0.29) is 24.2 Å². The van der Waals surface area contributed by atoms with Crippen LogP contribution in [0.2, 0.25) is 0 Å². The smallest absolute Gasteiger partial charge is 0.336 e. The van der Waals surface area contributed by atoms with Crippen LogP contribution in [0.4, 0.5) is 5.69 Å². The molecule has 1 fully saturated rings. The summed E-state index contributed by atoms with van der Waals surface area (Å²) in [6.45, 7) is 2.58. The fraction of sp³-hybridized carbons (Fsp3) is 0.455. The summed E-state index contributed by atoms with van der Waals surface area (Å²) in [7, 11) is 0. The minimum atomic E-state index is -0.689. The van der Waals surface area contributed by atoms with Crippen molar-refractivity contribution in [1.82, 2.24) is 5.32 Å². The summed E-state index contributed by atoms with van der Waals surface area (Å²) in [6.07, 6.45) is 3.48. The predicted octanol–water partition coefficient (Wildman–Crippen LogP) is 3.28. The number of benzene rings is 1. The number of allylic oxidation sites excluding steroid dienone is 3. The fourth-order valence-electron chi connectivity index (χ4n) is 4.43. The number of dihydropyridines is 1. The van der Waals surface area contributed by atoms with Gasteiger partial charge in [-0.15, -0.1) is 0 Å². The van der Waals surface area contributed by atoms with E-state index in [1.807, 2.05) is 0 Å². The lowest BCUT2D eigenvalue weighted by molar-refractivity contribution is -0.384. The number of nitro groups is 1. The van der Waals surface area contributed by atoms with E-state index in [4.69, 9.17) is 9.47 Å². The highest BCUT2D eigenvalue weighted by molar-refractivity contribution is 6.03. The van der Waals surface area contributed by atoms with Crippen LogP contribution in [-0.4, -0.2) is 36.0 Å². The molecule has 2 aliphatic heterocycles. The average molecular weight is 412 g/mol. The first kappa shape index (κ1) is 20.3. The third-order valence-electron chi connectivity index (χ3n) is 5.83. The number of nitrogens with zero attached hydrogens (tertiary/aromatic N) is 1. The highest BCUT2D eigenvalue weighted by Crippen LogP contribution is 2.43. The van der Waals surface area contributed by atoms with Crippen LogP contribution in [-0.2, 0) is 19.1 Å². The monoisotopic (exact) mass is 412 g/mol. The van der Waals surface area contributed by atoms with Crippen LogP contribution in [0.5, 0.6) is 0 Å². The maximum Gasteiger partial charge on any atom is 0.336 e. The third-order valence-corrected chi connectivity index (χ3v) is 5.83. The molecule has 1 saturated heterocycles. The SMILES string of the molecule is CC1=C(C(=O)OC[C@@H]2CCCO2)[C@H](c2cccc([N+](=O)[O-])c2)C2=C(CCCC2=O)N1. The molecule has 3 aliphatic rings. The Hall–Kier alpha value is -3.00. The van der Waals surface area contributed by atoms with Gasteiger partial charge in [0.1, 0.15) is 6.61 Å². The molecule has 0 bridgehead atoms. The maximum absolute atomic E-state index is 13.1. The maximum atomic E-state index is 13.1. The van der Waals surface area contributed by atoms with Gasteiger partial charge in [-0.2, -0.15) is 0 Å². The normalized spacial score (nSPS) is 23.8. The highest BCUT2D eigenvalue weighted by atomic mass is 16.6. The molecule has 8 heteroatoms. The number of rotatable bonds is 5. The Morgan fingerprint density at radius 3 is 2.90 bits per heavy atom. The van der Waals surface area contributed by atoms with Crippen LogP contribution in [0.15, 0.2) is 46.8 Å². The molecule has 0 radical (unpaired) electrons. The number of Topliss-reactive ketones (excluding diaryl/α,β-unsaturated/α-hetero) is 1. The summed E-state index contributed by atoms with van der Waals surface area (Å²) in [5.74, 6) is -1.26. The molecule has 0 amide bonds. The average Bonchev–Trinajstić information content (AvgIpc) is 3.25. The van der Waals surface area contributed by atoms with E-state index in [0.717, 1.165) is 25.0 Å². The van der Waals surface area contributed by atoms with Crippen molar-refractivity contribution in [3.8, 4) is 0 Å². The number of nitro benzene ring substituents is 1. The minimum Gasteiger partial charge on any atom is -0.459 e. The van der Waals surface area contributed by atoms with E-state index >= 15 is 0 Å². The first-order valence-electron chi connectivity index (χ1n) is 10.2. The molecule has 1 aromatic carbocycles. The van der Waals surface area contributed by atoms with E-state index in [2.05, 4.69) is 5.32 Å². The number of carbonyl (C=O) groups is 2. The Kier molecular flexibility index (Phi) is 5.67. The van der Waals surface area contributed by atoms with E-state index in [1.54, 1.807) is 19.1 Å². The van der Waals surface area contributed by atoms with Crippen molar-refractivity contribution in [2.75, 3.05) is 13.2 Å². The van der Waals surface area contributed by atoms with Crippen molar-refractivity contribution >= 4 is 17.4 Å². The second-order valence-corrected chi connectivity index (χ2v) is 7.85. The Labute approximate surface area is 174 Å². The number of ketones is 1. The molecule has 4 rings (SSSR count). The fourth-order valence-corrected chi connectivity index (χ4v) is 4.43. The Morgan fingerprint density at radius 1 is 1.33 bits per heavy atom. The Morgan fingerprint density at radius 2 is 2.17 bits per heavy atom. The van der Waals surface area contributed by atoms with Gasteiger partial charge in [0.05, 0.1) is 16.6 Å². The quantitative estimate of drug-likeness (QED) is 0.449. The van der Waals surface area contributed by atoms with Crippen molar-refractivity contribution in [1.29, 1.82) is 0 Å². The molecule has 2 atom stereocenters. The molecule has 2 heterocycles. The molecule has 0 spiro atoms. The highest BCUT2D eigenvalue weighted by Gasteiger charge is 2.39. The first-order valence-corrected chi connectivity index (χ1v) is 10.2. The van der Waals surface area contributed by atoms with Gasteiger partial charge in [0.25, 0.3) is 5.69 Å². The number of hydrogen-bond acceptors (Lipinski definition) is 7. The largest absolute Gasteiger partial charge is 0.459 e. The van der Waals surface area contributed by atoms with Gasteiger partial charge in [-0.25, -0.2) is 4.79 Å². The van der Waals surface area contributed by atoms with Crippen LogP contribution in [0.1, 0.15) is 50.5 Å². The van der Waals surface area contributed by atoms with Gasteiger partial charge in [0.2, 0.25) is 0 Å². The topological polar surface area (TPSA) is 108 Å². The van der Waals surface area contributed by atoms with E-state index in [0.29, 0.717) is 41.9 Å². The lowest BCUT2D eigenvalue weighted by Gasteiger charge is -2.34. The number of esters is 1. The van der Waals surface area contributed by atoms with Crippen molar-refractivity contribution in [3.05, 3.63) is 62.5 Å². The van der Waals surface area contributed by atoms with Gasteiger partial charge in [0.15, 0.2) is 5.78 Å². The van der Waals surface area contributed by atoms with Gasteiger partial charge in [0, 0.05) is 48.0 Å². The minimum absolute atomic E-state index is 0.0443. The standard InChI is InChI=1S/C22H24N2O6/c1-13-19(22(26)30-12-16-7-4-10-29-16)20(14-5-2-6-15(11-14)24(27)28)21-17(23-13)8-3-9-18(21)25/h2,5-6,11,16,20,23H,3-4,7-10,12H2,1H3/t16-,20-/m0/s1. The van der Waals surface area contributed by atoms with E-state index in [9.17, 15) is 19.7 Å². The summed E-state index contributed by atoms with van der Waals surface area (Å²) in [4.78, 5) is 36.8.